The van der Waals surface area contributed by atoms with Crippen LogP contribution in [0.25, 0.3) is 10.9 Å². The third-order valence-electron chi connectivity index (χ3n) is 3.93. The van der Waals surface area contributed by atoms with Crippen molar-refractivity contribution in [1.82, 2.24) is 4.98 Å². The van der Waals surface area contributed by atoms with E-state index >= 15 is 0 Å². The molecule has 1 fully saturated rings. The van der Waals surface area contributed by atoms with E-state index in [-0.39, 0.29) is 5.41 Å². The van der Waals surface area contributed by atoms with Gasteiger partial charge in [-0.2, -0.15) is 0 Å². The summed E-state index contributed by atoms with van der Waals surface area (Å²) in [4.78, 5) is 3.33. The molecule has 3 rings (SSSR count). The molecule has 3 heteroatoms. The number of aromatic amines is 1. The number of hydrogen-bond donors (Lipinski definition) is 2. The maximum atomic E-state index is 5.91. The Hall–Kier alpha value is -1.48. The number of ether oxygens (including phenoxy) is 1. The van der Waals surface area contributed by atoms with Crippen LogP contribution in [0.15, 0.2) is 18.3 Å². The first-order valence-corrected chi connectivity index (χ1v) is 6.06. The summed E-state index contributed by atoms with van der Waals surface area (Å²) < 4.78 is 5.43. The number of benzene rings is 1. The number of hydrogen-bond acceptors (Lipinski definition) is 2. The van der Waals surface area contributed by atoms with Gasteiger partial charge in [-0.1, -0.05) is 0 Å². The summed E-state index contributed by atoms with van der Waals surface area (Å²) in [6.45, 7) is 2.83. The predicted octanol–water partition coefficient (Wildman–Crippen LogP) is 2.48. The Morgan fingerprint density at radius 1 is 1.41 bits per heavy atom. The summed E-state index contributed by atoms with van der Waals surface area (Å²) in [6.07, 6.45) is 4.51. The minimum atomic E-state index is 0.219. The van der Waals surface area contributed by atoms with Gasteiger partial charge in [0, 0.05) is 23.5 Å². The molecule has 0 atom stereocenters. The van der Waals surface area contributed by atoms with E-state index in [9.17, 15) is 0 Å². The second kappa shape index (κ2) is 3.50. The average molecular weight is 230 g/mol. The highest BCUT2D eigenvalue weighted by atomic mass is 16.5. The monoisotopic (exact) mass is 230 g/mol. The largest absolute Gasteiger partial charge is 0.495 e. The molecule has 1 aliphatic carbocycles. The molecule has 0 bridgehead atoms. The molecule has 2 aromatic rings. The van der Waals surface area contributed by atoms with Crippen molar-refractivity contribution in [3.05, 3.63) is 29.5 Å². The van der Waals surface area contributed by atoms with Crippen molar-refractivity contribution in [3.63, 3.8) is 0 Å². The first-order chi connectivity index (χ1) is 8.20. The smallest absolute Gasteiger partial charge is 0.143 e. The SMILES string of the molecule is COc1cc(C)cc2c(C3(CN)CC3)c[nH]c12. The van der Waals surface area contributed by atoms with E-state index in [1.807, 2.05) is 0 Å². The van der Waals surface area contributed by atoms with Gasteiger partial charge in [0.1, 0.15) is 5.75 Å². The molecule has 3 nitrogen and oxygen atoms in total. The van der Waals surface area contributed by atoms with Crippen LogP contribution in [0.2, 0.25) is 0 Å². The van der Waals surface area contributed by atoms with Gasteiger partial charge < -0.3 is 15.5 Å². The fraction of sp³-hybridized carbons (Fsp3) is 0.429. The van der Waals surface area contributed by atoms with E-state index in [1.54, 1.807) is 7.11 Å². The summed E-state index contributed by atoms with van der Waals surface area (Å²) in [5, 5.41) is 1.27. The fourth-order valence-corrected chi connectivity index (χ4v) is 2.67. The maximum absolute atomic E-state index is 5.91. The highest BCUT2D eigenvalue weighted by molar-refractivity contribution is 5.90. The second-order valence-electron chi connectivity index (χ2n) is 5.08. The van der Waals surface area contributed by atoms with Gasteiger partial charge in [0.2, 0.25) is 0 Å². The number of rotatable bonds is 3. The molecule has 1 aliphatic rings. The molecule has 1 saturated carbocycles. The molecular weight excluding hydrogens is 212 g/mol. The molecule has 1 heterocycles. The average Bonchev–Trinajstić information content (AvgIpc) is 3.02. The number of nitrogens with one attached hydrogen (secondary N) is 1. The van der Waals surface area contributed by atoms with Crippen molar-refractivity contribution in [2.45, 2.75) is 25.2 Å². The molecule has 17 heavy (non-hydrogen) atoms. The molecule has 0 spiro atoms. The van der Waals surface area contributed by atoms with Crippen molar-refractivity contribution in [2.24, 2.45) is 5.73 Å². The zero-order chi connectivity index (χ0) is 12.0. The van der Waals surface area contributed by atoms with Crippen LogP contribution in [0.4, 0.5) is 0 Å². The van der Waals surface area contributed by atoms with E-state index < -0.39 is 0 Å². The highest BCUT2D eigenvalue weighted by Gasteiger charge is 2.44. The Labute approximate surface area is 101 Å². The summed E-state index contributed by atoms with van der Waals surface area (Å²) in [6, 6.07) is 4.28. The minimum Gasteiger partial charge on any atom is -0.495 e. The molecule has 0 aliphatic heterocycles. The van der Waals surface area contributed by atoms with Crippen molar-refractivity contribution in [1.29, 1.82) is 0 Å². The fourth-order valence-electron chi connectivity index (χ4n) is 2.67. The van der Waals surface area contributed by atoms with Gasteiger partial charge in [-0.25, -0.2) is 0 Å². The first kappa shape index (κ1) is 10.7. The molecule has 0 amide bonds. The quantitative estimate of drug-likeness (QED) is 0.851. The van der Waals surface area contributed by atoms with Crippen molar-refractivity contribution in [2.75, 3.05) is 13.7 Å². The first-order valence-electron chi connectivity index (χ1n) is 6.06. The lowest BCUT2D eigenvalue weighted by atomic mass is 9.95. The van der Waals surface area contributed by atoms with Crippen LogP contribution < -0.4 is 10.5 Å². The van der Waals surface area contributed by atoms with Crippen LogP contribution in [0.3, 0.4) is 0 Å². The van der Waals surface area contributed by atoms with E-state index in [4.69, 9.17) is 10.5 Å². The van der Waals surface area contributed by atoms with Crippen molar-refractivity contribution < 1.29 is 4.74 Å². The van der Waals surface area contributed by atoms with Crippen LogP contribution >= 0.6 is 0 Å². The topological polar surface area (TPSA) is 51.0 Å². The molecule has 0 unspecified atom stereocenters. The van der Waals surface area contributed by atoms with Gasteiger partial charge in [0.15, 0.2) is 0 Å². The zero-order valence-electron chi connectivity index (χ0n) is 10.3. The number of aryl methyl sites for hydroxylation is 1. The van der Waals surface area contributed by atoms with Gasteiger partial charge in [-0.3, -0.25) is 0 Å². The lowest BCUT2D eigenvalue weighted by Crippen LogP contribution is -2.19. The van der Waals surface area contributed by atoms with Gasteiger partial charge in [-0.05, 0) is 43.0 Å². The van der Waals surface area contributed by atoms with E-state index in [0.717, 1.165) is 17.8 Å². The third kappa shape index (κ3) is 1.46. The summed E-state index contributed by atoms with van der Waals surface area (Å²) in [7, 11) is 1.71. The van der Waals surface area contributed by atoms with Gasteiger partial charge in [0.25, 0.3) is 0 Å². The Kier molecular flexibility index (Phi) is 2.20. The summed E-state index contributed by atoms with van der Waals surface area (Å²) in [5.41, 5.74) is 9.81. The van der Waals surface area contributed by atoms with Gasteiger partial charge in [-0.15, -0.1) is 0 Å². The van der Waals surface area contributed by atoms with Crippen LogP contribution in [-0.2, 0) is 5.41 Å². The Bertz CT molecular complexity index is 567. The Balaban J connectivity index is 2.25. The number of fused-ring (bicyclic) bond motifs is 1. The van der Waals surface area contributed by atoms with Crippen LogP contribution in [0.1, 0.15) is 24.0 Å². The summed E-state index contributed by atoms with van der Waals surface area (Å²) >= 11 is 0. The van der Waals surface area contributed by atoms with Crippen molar-refractivity contribution >= 4 is 10.9 Å². The predicted molar refractivity (Wildman–Crippen MR) is 69.6 cm³/mol. The number of H-pyrrole nitrogens is 1. The molecule has 90 valence electrons. The normalized spacial score (nSPS) is 17.4. The highest BCUT2D eigenvalue weighted by Crippen LogP contribution is 2.50. The number of nitrogens with two attached hydrogens (primary N) is 1. The van der Waals surface area contributed by atoms with E-state index in [0.29, 0.717) is 0 Å². The number of aromatic nitrogens is 1. The standard InChI is InChI=1S/C14H18N2O/c1-9-5-10-11(14(8-15)3-4-14)7-16-13(10)12(6-9)17-2/h5-7,16H,3-4,8,15H2,1-2H3. The maximum Gasteiger partial charge on any atom is 0.143 e. The van der Waals surface area contributed by atoms with Crippen LogP contribution in [0, 0.1) is 6.92 Å². The molecule has 1 aromatic heterocycles. The third-order valence-corrected chi connectivity index (χ3v) is 3.93. The van der Waals surface area contributed by atoms with Crippen LogP contribution in [0.5, 0.6) is 5.75 Å². The molecule has 1 aromatic carbocycles. The minimum absolute atomic E-state index is 0.219. The molecule has 0 radical (unpaired) electrons. The molecular formula is C14H18N2O. The van der Waals surface area contributed by atoms with E-state index in [1.165, 1.54) is 29.4 Å². The Morgan fingerprint density at radius 3 is 2.76 bits per heavy atom. The second-order valence-corrected chi connectivity index (χ2v) is 5.08. The van der Waals surface area contributed by atoms with E-state index in [2.05, 4.69) is 30.2 Å². The van der Waals surface area contributed by atoms with Gasteiger partial charge in [0.05, 0.1) is 12.6 Å². The summed E-state index contributed by atoms with van der Waals surface area (Å²) in [5.74, 6) is 0.916. The zero-order valence-corrected chi connectivity index (χ0v) is 10.3. The van der Waals surface area contributed by atoms with Crippen molar-refractivity contribution in [3.8, 4) is 5.75 Å². The van der Waals surface area contributed by atoms with Crippen LogP contribution in [-0.4, -0.2) is 18.6 Å². The lowest BCUT2D eigenvalue weighted by Gasteiger charge is -2.11. The Morgan fingerprint density at radius 2 is 2.18 bits per heavy atom. The number of methoxy groups -OCH3 is 1. The lowest BCUT2D eigenvalue weighted by molar-refractivity contribution is 0.418. The molecule has 3 N–H and O–H groups in total. The van der Waals surface area contributed by atoms with Gasteiger partial charge >= 0.3 is 0 Å². The molecule has 0 saturated heterocycles.